The standard InChI is InChI=1S/C37H42N2O6Si/c1-27(41)38-33-19-13-18-32(36(33)44-6)34(39(35(42)25-40)24-28-20-22-29(43-5)23-21-28)26-45-46(37(2,3)4,30-14-9-7-10-15-30)31-16-11-8-12-17-31/h7-23,25,34H,24,26H2,1-6H3,(H,38,41)/t34-/m0/s1. The number of amides is 2. The van der Waals surface area contributed by atoms with Crippen molar-refractivity contribution in [2.45, 2.75) is 45.3 Å². The van der Waals surface area contributed by atoms with E-state index in [1.807, 2.05) is 66.7 Å². The number of nitrogens with zero attached hydrogens (tertiary/aromatic N) is 1. The van der Waals surface area contributed by atoms with Gasteiger partial charge in [0.15, 0.2) is 0 Å². The molecule has 0 unspecified atom stereocenters. The SMILES string of the molecule is COc1ccc(CN(C(=O)C=O)[C@@H](CO[Si](c2ccccc2)(c2ccccc2)C(C)(C)C)c2cccc(NC(C)=O)c2OC)cc1. The summed E-state index contributed by atoms with van der Waals surface area (Å²) >= 11 is 0. The summed E-state index contributed by atoms with van der Waals surface area (Å²) in [6.07, 6.45) is 0.323. The Hall–Kier alpha value is -4.73. The summed E-state index contributed by atoms with van der Waals surface area (Å²) < 4.78 is 18.5. The molecule has 0 heterocycles. The molecule has 0 aromatic heterocycles. The van der Waals surface area contributed by atoms with Crippen molar-refractivity contribution in [2.75, 3.05) is 26.1 Å². The highest BCUT2D eigenvalue weighted by molar-refractivity contribution is 6.99. The third-order valence-electron chi connectivity index (χ3n) is 8.07. The average Bonchev–Trinajstić information content (AvgIpc) is 3.06. The molecule has 0 aliphatic rings. The summed E-state index contributed by atoms with van der Waals surface area (Å²) in [6.45, 7) is 8.11. The van der Waals surface area contributed by atoms with E-state index in [1.165, 1.54) is 18.9 Å². The fourth-order valence-corrected chi connectivity index (χ4v) is 10.5. The van der Waals surface area contributed by atoms with E-state index in [0.717, 1.165) is 15.9 Å². The van der Waals surface area contributed by atoms with Gasteiger partial charge in [0.1, 0.15) is 11.5 Å². The first-order chi connectivity index (χ1) is 22.0. The molecule has 46 heavy (non-hydrogen) atoms. The Morgan fingerprint density at radius 3 is 1.89 bits per heavy atom. The smallest absolute Gasteiger partial charge is 0.287 e. The number of aldehydes is 1. The maximum atomic E-state index is 13.6. The number of rotatable bonds is 13. The van der Waals surface area contributed by atoms with E-state index in [-0.39, 0.29) is 24.1 Å². The second-order valence-corrected chi connectivity index (χ2v) is 16.3. The van der Waals surface area contributed by atoms with Crippen LogP contribution >= 0.6 is 0 Å². The number of carbonyl (C=O) groups excluding carboxylic acids is 3. The van der Waals surface area contributed by atoms with Gasteiger partial charge in [-0.1, -0.05) is 106 Å². The molecule has 1 N–H and O–H groups in total. The van der Waals surface area contributed by atoms with Crippen LogP contribution in [-0.2, 0) is 25.4 Å². The van der Waals surface area contributed by atoms with Gasteiger partial charge in [-0.15, -0.1) is 0 Å². The maximum Gasteiger partial charge on any atom is 0.287 e. The number of nitrogens with one attached hydrogen (secondary N) is 1. The van der Waals surface area contributed by atoms with Crippen molar-refractivity contribution in [1.29, 1.82) is 0 Å². The molecular weight excluding hydrogens is 597 g/mol. The zero-order valence-corrected chi connectivity index (χ0v) is 28.3. The number of para-hydroxylation sites is 1. The Morgan fingerprint density at radius 1 is 0.826 bits per heavy atom. The molecule has 0 bridgehead atoms. The third kappa shape index (κ3) is 7.38. The maximum absolute atomic E-state index is 13.6. The minimum Gasteiger partial charge on any atom is -0.497 e. The lowest BCUT2D eigenvalue weighted by molar-refractivity contribution is -0.141. The van der Waals surface area contributed by atoms with Crippen molar-refractivity contribution in [3.63, 3.8) is 0 Å². The first-order valence-electron chi connectivity index (χ1n) is 15.1. The zero-order chi connectivity index (χ0) is 33.3. The molecule has 0 saturated heterocycles. The van der Waals surface area contributed by atoms with E-state index in [4.69, 9.17) is 13.9 Å². The lowest BCUT2D eigenvalue weighted by atomic mass is 10.0. The Balaban J connectivity index is 1.93. The van der Waals surface area contributed by atoms with Crippen molar-refractivity contribution >= 4 is 42.5 Å². The van der Waals surface area contributed by atoms with Gasteiger partial charge in [-0.05, 0) is 39.2 Å². The molecule has 240 valence electrons. The van der Waals surface area contributed by atoms with Gasteiger partial charge in [-0.3, -0.25) is 14.4 Å². The second-order valence-electron chi connectivity index (χ2n) is 12.0. The summed E-state index contributed by atoms with van der Waals surface area (Å²) in [5.41, 5.74) is 1.84. The van der Waals surface area contributed by atoms with E-state index in [9.17, 15) is 14.4 Å². The van der Waals surface area contributed by atoms with Crippen LogP contribution in [0.4, 0.5) is 5.69 Å². The summed E-state index contributed by atoms with van der Waals surface area (Å²) in [7, 11) is 0.0396. The van der Waals surface area contributed by atoms with Crippen LogP contribution in [0.25, 0.3) is 0 Å². The molecule has 1 atom stereocenters. The number of hydrogen-bond acceptors (Lipinski definition) is 6. The molecule has 4 aromatic rings. The molecule has 0 radical (unpaired) electrons. The predicted octanol–water partition coefficient (Wildman–Crippen LogP) is 5.51. The van der Waals surface area contributed by atoms with Crippen molar-refractivity contribution < 1.29 is 28.3 Å². The number of hydrogen-bond donors (Lipinski definition) is 1. The molecule has 4 aromatic carbocycles. The van der Waals surface area contributed by atoms with Crippen LogP contribution < -0.4 is 25.2 Å². The van der Waals surface area contributed by atoms with E-state index in [0.29, 0.717) is 29.0 Å². The van der Waals surface area contributed by atoms with Gasteiger partial charge in [0.05, 0.1) is 32.6 Å². The highest BCUT2D eigenvalue weighted by Gasteiger charge is 2.51. The van der Waals surface area contributed by atoms with Crippen LogP contribution in [0.1, 0.15) is 44.9 Å². The fraction of sp³-hybridized carbons (Fsp3) is 0.270. The van der Waals surface area contributed by atoms with Crippen molar-refractivity contribution in [1.82, 2.24) is 4.90 Å². The monoisotopic (exact) mass is 638 g/mol. The second kappa shape index (κ2) is 15.0. The summed E-state index contributed by atoms with van der Waals surface area (Å²) in [5, 5.41) is 4.65. The predicted molar refractivity (Wildman–Crippen MR) is 183 cm³/mol. The Morgan fingerprint density at radius 2 is 1.41 bits per heavy atom. The van der Waals surface area contributed by atoms with Gasteiger partial charge < -0.3 is 24.1 Å². The largest absolute Gasteiger partial charge is 0.497 e. The van der Waals surface area contributed by atoms with Gasteiger partial charge in [0.25, 0.3) is 14.2 Å². The van der Waals surface area contributed by atoms with E-state index in [2.05, 4.69) is 50.4 Å². The average molecular weight is 639 g/mol. The normalized spacial score (nSPS) is 12.1. The highest BCUT2D eigenvalue weighted by atomic mass is 28.4. The molecule has 0 saturated carbocycles. The van der Waals surface area contributed by atoms with E-state index in [1.54, 1.807) is 19.2 Å². The van der Waals surface area contributed by atoms with Gasteiger partial charge >= 0.3 is 0 Å². The molecule has 8 nitrogen and oxygen atoms in total. The lowest BCUT2D eigenvalue weighted by Gasteiger charge is -2.44. The van der Waals surface area contributed by atoms with E-state index < -0.39 is 20.3 Å². The Bertz CT molecular complexity index is 1580. The summed E-state index contributed by atoms with van der Waals surface area (Å²) in [5.74, 6) is 0.0777. The zero-order valence-electron chi connectivity index (χ0n) is 27.3. The van der Waals surface area contributed by atoms with Crippen molar-refractivity contribution in [2.24, 2.45) is 0 Å². The molecule has 9 heteroatoms. The molecule has 0 fully saturated rings. The minimum atomic E-state index is -3.06. The molecule has 2 amide bonds. The number of ether oxygens (including phenoxy) is 2. The number of benzene rings is 4. The van der Waals surface area contributed by atoms with Crippen molar-refractivity contribution in [3.8, 4) is 11.5 Å². The summed E-state index contributed by atoms with van der Waals surface area (Å²) in [4.78, 5) is 39.4. The molecular formula is C37H42N2O6Si. The molecule has 4 rings (SSSR count). The van der Waals surface area contributed by atoms with Gasteiger partial charge in [0.2, 0.25) is 12.2 Å². The van der Waals surface area contributed by atoms with Crippen LogP contribution in [0, 0.1) is 0 Å². The molecule has 0 aliphatic heterocycles. The molecule has 0 spiro atoms. The highest BCUT2D eigenvalue weighted by Crippen LogP contribution is 2.41. The number of methoxy groups -OCH3 is 2. The fourth-order valence-electron chi connectivity index (χ4n) is 5.98. The first-order valence-corrected chi connectivity index (χ1v) is 17.0. The number of anilines is 1. The first kappa shape index (κ1) is 34.1. The molecule has 0 aliphatic carbocycles. The topological polar surface area (TPSA) is 94.2 Å². The van der Waals surface area contributed by atoms with Crippen molar-refractivity contribution in [3.05, 3.63) is 114 Å². The minimum absolute atomic E-state index is 0.0445. The Kier molecular flexibility index (Phi) is 11.2. The van der Waals surface area contributed by atoms with Gasteiger partial charge in [0, 0.05) is 19.0 Å². The van der Waals surface area contributed by atoms with Crippen LogP contribution in [0.2, 0.25) is 5.04 Å². The van der Waals surface area contributed by atoms with Gasteiger partial charge in [-0.25, -0.2) is 0 Å². The van der Waals surface area contributed by atoms with Crippen LogP contribution in [0.5, 0.6) is 11.5 Å². The van der Waals surface area contributed by atoms with Crippen LogP contribution in [0.15, 0.2) is 103 Å². The Labute approximate surface area is 272 Å². The van der Waals surface area contributed by atoms with Crippen LogP contribution in [0.3, 0.4) is 0 Å². The quantitative estimate of drug-likeness (QED) is 0.118. The van der Waals surface area contributed by atoms with Crippen LogP contribution in [-0.4, -0.2) is 52.1 Å². The lowest BCUT2D eigenvalue weighted by Crippen LogP contribution is -2.67. The van der Waals surface area contributed by atoms with E-state index >= 15 is 0 Å². The number of carbonyl (C=O) groups is 3. The third-order valence-corrected chi connectivity index (χ3v) is 13.1. The van der Waals surface area contributed by atoms with Gasteiger partial charge in [-0.2, -0.15) is 0 Å². The summed E-state index contributed by atoms with van der Waals surface area (Å²) in [6, 6.07) is 32.3.